The molecule has 0 spiro atoms. The van der Waals surface area contributed by atoms with Crippen LogP contribution in [0.15, 0.2) is 30.3 Å². The summed E-state index contributed by atoms with van der Waals surface area (Å²) in [5.41, 5.74) is 6.07. The summed E-state index contributed by atoms with van der Waals surface area (Å²) >= 11 is 0. The van der Waals surface area contributed by atoms with E-state index in [0.29, 0.717) is 24.9 Å². The SMILES string of the molecule is NCC(=O)N1CCCC1C(=O)NC(CO)C(=O)NC(Cc1ccccc1)C(=O)O. The van der Waals surface area contributed by atoms with Crippen molar-refractivity contribution >= 4 is 23.7 Å². The average Bonchev–Trinajstić information content (AvgIpc) is 3.21. The molecule has 0 aliphatic carbocycles. The lowest BCUT2D eigenvalue weighted by Gasteiger charge is -2.26. The van der Waals surface area contributed by atoms with Gasteiger partial charge in [-0.15, -0.1) is 0 Å². The number of aliphatic hydroxyl groups is 1. The van der Waals surface area contributed by atoms with E-state index in [0.717, 1.165) is 0 Å². The summed E-state index contributed by atoms with van der Waals surface area (Å²) in [4.78, 5) is 49.7. The van der Waals surface area contributed by atoms with Gasteiger partial charge in [-0.3, -0.25) is 14.4 Å². The van der Waals surface area contributed by atoms with Crippen molar-refractivity contribution in [3.05, 3.63) is 35.9 Å². The average molecular weight is 406 g/mol. The van der Waals surface area contributed by atoms with Crippen molar-refractivity contribution in [3.8, 4) is 0 Å². The van der Waals surface area contributed by atoms with Crippen LogP contribution in [-0.4, -0.2) is 76.6 Å². The number of hydrogen-bond donors (Lipinski definition) is 5. The minimum absolute atomic E-state index is 0.0510. The van der Waals surface area contributed by atoms with E-state index in [4.69, 9.17) is 5.73 Å². The van der Waals surface area contributed by atoms with E-state index in [1.54, 1.807) is 30.3 Å². The largest absolute Gasteiger partial charge is 0.480 e. The Hall–Kier alpha value is -2.98. The predicted molar refractivity (Wildman–Crippen MR) is 103 cm³/mol. The second-order valence-corrected chi connectivity index (χ2v) is 6.78. The third-order valence-electron chi connectivity index (χ3n) is 4.76. The van der Waals surface area contributed by atoms with Gasteiger partial charge in [0.25, 0.3) is 0 Å². The highest BCUT2D eigenvalue weighted by Crippen LogP contribution is 2.17. The Balaban J connectivity index is 2.00. The van der Waals surface area contributed by atoms with Gasteiger partial charge in [0.1, 0.15) is 18.1 Å². The molecule has 2 rings (SSSR count). The summed E-state index contributed by atoms with van der Waals surface area (Å²) in [6.07, 6.45) is 1.09. The summed E-state index contributed by atoms with van der Waals surface area (Å²) in [7, 11) is 0. The lowest BCUT2D eigenvalue weighted by atomic mass is 10.1. The molecule has 10 heteroatoms. The maximum Gasteiger partial charge on any atom is 0.326 e. The number of aliphatic carboxylic acids is 1. The molecule has 3 unspecified atom stereocenters. The quantitative estimate of drug-likeness (QED) is 0.324. The van der Waals surface area contributed by atoms with Crippen LogP contribution >= 0.6 is 0 Å². The van der Waals surface area contributed by atoms with E-state index in [9.17, 15) is 29.4 Å². The molecule has 0 radical (unpaired) electrons. The Bertz CT molecular complexity index is 741. The monoisotopic (exact) mass is 406 g/mol. The summed E-state index contributed by atoms with van der Waals surface area (Å²) in [6, 6.07) is 5.43. The molecule has 0 aromatic heterocycles. The molecule has 6 N–H and O–H groups in total. The lowest BCUT2D eigenvalue weighted by molar-refractivity contribution is -0.143. The maximum atomic E-state index is 12.5. The molecular formula is C19H26N4O6. The smallest absolute Gasteiger partial charge is 0.326 e. The number of carbonyl (C=O) groups excluding carboxylic acids is 3. The first-order chi connectivity index (χ1) is 13.9. The van der Waals surface area contributed by atoms with Gasteiger partial charge in [-0.05, 0) is 18.4 Å². The van der Waals surface area contributed by atoms with E-state index in [1.807, 2.05) is 0 Å². The summed E-state index contributed by atoms with van der Waals surface area (Å²) < 4.78 is 0. The predicted octanol–water partition coefficient (Wildman–Crippen LogP) is -1.77. The number of carboxylic acid groups (broad SMARTS) is 1. The third-order valence-corrected chi connectivity index (χ3v) is 4.76. The van der Waals surface area contributed by atoms with Crippen LogP contribution in [0.25, 0.3) is 0 Å². The lowest BCUT2D eigenvalue weighted by Crippen LogP contribution is -2.57. The zero-order valence-electron chi connectivity index (χ0n) is 15.9. The molecular weight excluding hydrogens is 380 g/mol. The van der Waals surface area contributed by atoms with Crippen LogP contribution in [0.3, 0.4) is 0 Å². The van der Waals surface area contributed by atoms with Crippen molar-refractivity contribution in [2.75, 3.05) is 19.7 Å². The maximum absolute atomic E-state index is 12.5. The van der Waals surface area contributed by atoms with Crippen molar-refractivity contribution in [1.82, 2.24) is 15.5 Å². The fourth-order valence-corrected chi connectivity index (χ4v) is 3.24. The van der Waals surface area contributed by atoms with Gasteiger partial charge < -0.3 is 31.5 Å². The molecule has 1 aromatic carbocycles. The standard InChI is InChI=1S/C19H26N4O6/c20-10-16(25)23-8-4-7-15(23)18(27)22-14(11-24)17(26)21-13(19(28)29)9-12-5-2-1-3-6-12/h1-3,5-6,13-15,24H,4,7-11,20H2,(H,21,26)(H,22,27)(H,28,29). The van der Waals surface area contributed by atoms with Crippen LogP contribution in [0.1, 0.15) is 18.4 Å². The van der Waals surface area contributed by atoms with Crippen molar-refractivity contribution < 1.29 is 29.4 Å². The minimum Gasteiger partial charge on any atom is -0.480 e. The van der Waals surface area contributed by atoms with Crippen LogP contribution in [0.2, 0.25) is 0 Å². The van der Waals surface area contributed by atoms with Crippen LogP contribution in [0, 0.1) is 0 Å². The number of aliphatic hydroxyl groups excluding tert-OH is 1. The van der Waals surface area contributed by atoms with Gasteiger partial charge in [0.05, 0.1) is 13.2 Å². The number of amides is 3. The first kappa shape index (κ1) is 22.3. The molecule has 0 bridgehead atoms. The summed E-state index contributed by atoms with van der Waals surface area (Å²) in [5.74, 6) is -3.02. The van der Waals surface area contributed by atoms with E-state index < -0.39 is 42.5 Å². The number of benzene rings is 1. The number of hydrogen-bond acceptors (Lipinski definition) is 6. The number of likely N-dealkylation sites (tertiary alicyclic amines) is 1. The summed E-state index contributed by atoms with van der Waals surface area (Å²) in [5, 5.41) is 23.7. The zero-order chi connectivity index (χ0) is 21.4. The molecule has 1 saturated heterocycles. The Morgan fingerprint density at radius 3 is 2.41 bits per heavy atom. The fourth-order valence-electron chi connectivity index (χ4n) is 3.24. The highest BCUT2D eigenvalue weighted by atomic mass is 16.4. The number of carboxylic acids is 1. The van der Waals surface area contributed by atoms with Gasteiger partial charge in [0.15, 0.2) is 0 Å². The molecule has 29 heavy (non-hydrogen) atoms. The topological polar surface area (TPSA) is 162 Å². The Morgan fingerprint density at radius 2 is 1.83 bits per heavy atom. The Kier molecular flexibility index (Phi) is 8.10. The van der Waals surface area contributed by atoms with Crippen LogP contribution in [0.4, 0.5) is 0 Å². The molecule has 1 aliphatic rings. The molecule has 1 heterocycles. The Morgan fingerprint density at radius 1 is 1.14 bits per heavy atom. The van der Waals surface area contributed by atoms with Gasteiger partial charge >= 0.3 is 5.97 Å². The molecule has 1 aromatic rings. The normalized spacial score (nSPS) is 18.0. The van der Waals surface area contributed by atoms with Gasteiger partial charge in [-0.25, -0.2) is 4.79 Å². The number of nitrogens with zero attached hydrogens (tertiary/aromatic N) is 1. The number of rotatable bonds is 9. The molecule has 3 amide bonds. The number of carbonyl (C=O) groups is 4. The zero-order valence-corrected chi connectivity index (χ0v) is 15.9. The van der Waals surface area contributed by atoms with Gasteiger partial charge in [-0.2, -0.15) is 0 Å². The second kappa shape index (κ2) is 10.5. The highest BCUT2D eigenvalue weighted by molar-refractivity contribution is 5.94. The second-order valence-electron chi connectivity index (χ2n) is 6.78. The molecule has 1 aliphatic heterocycles. The number of nitrogens with one attached hydrogen (secondary N) is 2. The third kappa shape index (κ3) is 6.00. The molecule has 10 nitrogen and oxygen atoms in total. The molecule has 0 saturated carbocycles. The minimum atomic E-state index is -1.34. The molecule has 158 valence electrons. The van der Waals surface area contributed by atoms with Crippen molar-refractivity contribution in [2.24, 2.45) is 5.73 Å². The van der Waals surface area contributed by atoms with Crippen molar-refractivity contribution in [2.45, 2.75) is 37.4 Å². The van der Waals surface area contributed by atoms with E-state index in [-0.39, 0.29) is 18.9 Å². The van der Waals surface area contributed by atoms with E-state index >= 15 is 0 Å². The van der Waals surface area contributed by atoms with Crippen molar-refractivity contribution in [1.29, 1.82) is 0 Å². The fraction of sp³-hybridized carbons (Fsp3) is 0.474. The van der Waals surface area contributed by atoms with E-state index in [2.05, 4.69) is 10.6 Å². The first-order valence-corrected chi connectivity index (χ1v) is 9.35. The molecule has 1 fully saturated rings. The van der Waals surface area contributed by atoms with Gasteiger partial charge in [0, 0.05) is 13.0 Å². The van der Waals surface area contributed by atoms with Gasteiger partial charge in [-0.1, -0.05) is 30.3 Å². The van der Waals surface area contributed by atoms with Crippen molar-refractivity contribution in [3.63, 3.8) is 0 Å². The molecule has 3 atom stereocenters. The van der Waals surface area contributed by atoms with E-state index in [1.165, 1.54) is 4.90 Å². The Labute approximate surface area is 168 Å². The number of nitrogens with two attached hydrogens (primary N) is 1. The van der Waals surface area contributed by atoms with Gasteiger partial charge in [0.2, 0.25) is 17.7 Å². The van der Waals surface area contributed by atoms with Crippen LogP contribution in [-0.2, 0) is 25.6 Å². The van der Waals surface area contributed by atoms with Crippen LogP contribution in [0.5, 0.6) is 0 Å². The summed E-state index contributed by atoms with van der Waals surface area (Å²) in [6.45, 7) is -0.553. The first-order valence-electron chi connectivity index (χ1n) is 9.35. The van der Waals surface area contributed by atoms with Crippen LogP contribution < -0.4 is 16.4 Å². The highest BCUT2D eigenvalue weighted by Gasteiger charge is 2.35.